The van der Waals surface area contributed by atoms with Crippen molar-refractivity contribution < 1.29 is 5.11 Å². The van der Waals surface area contributed by atoms with E-state index < -0.39 is 0 Å². The fourth-order valence-corrected chi connectivity index (χ4v) is 1.52. The van der Waals surface area contributed by atoms with E-state index in [1.165, 1.54) is 0 Å². The molecule has 0 spiro atoms. The number of nitrogens with two attached hydrogens (primary N) is 1. The summed E-state index contributed by atoms with van der Waals surface area (Å²) in [6.07, 6.45) is 3.39. The van der Waals surface area contributed by atoms with Crippen LogP contribution in [0.3, 0.4) is 0 Å². The Kier molecular flexibility index (Phi) is 4.49. The molecule has 2 atom stereocenters. The average molecular weight is 225 g/mol. The van der Waals surface area contributed by atoms with Crippen LogP contribution in [0.4, 0.5) is 5.82 Å². The molecule has 1 rings (SSSR count). The molecule has 3 N–H and O–H groups in total. The first-order valence-electron chi connectivity index (χ1n) is 5.50. The number of nitrogens with zero attached hydrogens (tertiary/aromatic N) is 2. The first-order chi connectivity index (χ1) is 7.54. The van der Waals surface area contributed by atoms with Crippen LogP contribution in [0.5, 0.6) is 0 Å². The van der Waals surface area contributed by atoms with Crippen LogP contribution in [-0.2, 0) is 0 Å². The maximum Gasteiger partial charge on any atom is 0.349 e. The van der Waals surface area contributed by atoms with E-state index in [0.29, 0.717) is 0 Å². The Hall–Kier alpha value is -1.36. The minimum atomic E-state index is -0.316. The Morgan fingerprint density at radius 1 is 1.50 bits per heavy atom. The number of aliphatic hydroxyl groups is 1. The Labute approximate surface area is 94.9 Å². The van der Waals surface area contributed by atoms with Crippen molar-refractivity contribution in [2.75, 3.05) is 12.3 Å². The van der Waals surface area contributed by atoms with Crippen LogP contribution >= 0.6 is 0 Å². The van der Waals surface area contributed by atoms with Gasteiger partial charge >= 0.3 is 5.69 Å². The number of aliphatic hydroxyl groups excluding tert-OH is 1. The Morgan fingerprint density at radius 2 is 2.19 bits per heavy atom. The lowest BCUT2D eigenvalue weighted by atomic mass is 10.0. The fraction of sp³-hybridized carbons (Fsp3) is 0.636. The highest BCUT2D eigenvalue weighted by Crippen LogP contribution is 2.15. The lowest BCUT2D eigenvalue weighted by Gasteiger charge is -2.16. The zero-order valence-corrected chi connectivity index (χ0v) is 9.76. The lowest BCUT2D eigenvalue weighted by Crippen LogP contribution is -2.26. The Bertz CT molecular complexity index is 389. The van der Waals surface area contributed by atoms with Crippen LogP contribution in [0.15, 0.2) is 17.1 Å². The molecule has 5 heteroatoms. The monoisotopic (exact) mass is 225 g/mol. The highest BCUT2D eigenvalue weighted by atomic mass is 16.3. The van der Waals surface area contributed by atoms with Crippen molar-refractivity contribution in [2.45, 2.75) is 32.7 Å². The lowest BCUT2D eigenvalue weighted by molar-refractivity contribution is 0.222. The van der Waals surface area contributed by atoms with Crippen molar-refractivity contribution in [3.8, 4) is 0 Å². The maximum atomic E-state index is 11.5. The van der Waals surface area contributed by atoms with Gasteiger partial charge in [0.2, 0.25) is 0 Å². The molecule has 0 aliphatic heterocycles. The van der Waals surface area contributed by atoms with Gasteiger partial charge in [0.25, 0.3) is 0 Å². The number of rotatable bonds is 5. The minimum absolute atomic E-state index is 0.0783. The van der Waals surface area contributed by atoms with E-state index in [-0.39, 0.29) is 30.1 Å². The van der Waals surface area contributed by atoms with E-state index in [2.05, 4.69) is 4.98 Å². The fourth-order valence-electron chi connectivity index (χ4n) is 1.52. The SMILES string of the molecule is CC(CO)CCC(C)n1ccc(N)nc1=O. The summed E-state index contributed by atoms with van der Waals surface area (Å²) in [5.41, 5.74) is 5.10. The molecule has 1 aromatic heterocycles. The minimum Gasteiger partial charge on any atom is -0.396 e. The smallest absolute Gasteiger partial charge is 0.349 e. The van der Waals surface area contributed by atoms with Crippen molar-refractivity contribution in [1.82, 2.24) is 9.55 Å². The van der Waals surface area contributed by atoms with Crippen LogP contribution in [-0.4, -0.2) is 21.3 Å². The highest BCUT2D eigenvalue weighted by molar-refractivity contribution is 5.23. The van der Waals surface area contributed by atoms with Gasteiger partial charge in [-0.1, -0.05) is 6.92 Å². The first kappa shape index (κ1) is 12.7. The molecule has 90 valence electrons. The summed E-state index contributed by atoms with van der Waals surface area (Å²) in [6, 6.07) is 1.70. The van der Waals surface area contributed by atoms with Crippen molar-refractivity contribution >= 4 is 5.82 Å². The summed E-state index contributed by atoms with van der Waals surface area (Å²) in [4.78, 5) is 15.2. The average Bonchev–Trinajstić information content (AvgIpc) is 2.25. The van der Waals surface area contributed by atoms with Gasteiger partial charge in [0.15, 0.2) is 0 Å². The molecule has 1 aromatic rings. The molecule has 0 aromatic carbocycles. The van der Waals surface area contributed by atoms with Gasteiger partial charge in [-0.25, -0.2) is 4.79 Å². The van der Waals surface area contributed by atoms with Gasteiger partial charge < -0.3 is 10.8 Å². The molecule has 0 saturated carbocycles. The third-order valence-electron chi connectivity index (χ3n) is 2.72. The normalized spacial score (nSPS) is 14.7. The molecular weight excluding hydrogens is 206 g/mol. The second kappa shape index (κ2) is 5.65. The number of aromatic nitrogens is 2. The summed E-state index contributed by atoms with van der Waals surface area (Å²) in [5.74, 6) is 0.511. The van der Waals surface area contributed by atoms with Crippen molar-refractivity contribution in [1.29, 1.82) is 0 Å². The quantitative estimate of drug-likeness (QED) is 0.776. The summed E-state index contributed by atoms with van der Waals surface area (Å²) < 4.78 is 1.57. The zero-order chi connectivity index (χ0) is 12.1. The van der Waals surface area contributed by atoms with Crippen molar-refractivity contribution in [3.05, 3.63) is 22.7 Å². The van der Waals surface area contributed by atoms with Crippen LogP contribution in [0.2, 0.25) is 0 Å². The van der Waals surface area contributed by atoms with Crippen LogP contribution in [0.25, 0.3) is 0 Å². The van der Waals surface area contributed by atoms with Crippen molar-refractivity contribution in [3.63, 3.8) is 0 Å². The third-order valence-corrected chi connectivity index (χ3v) is 2.72. The van der Waals surface area contributed by atoms with Gasteiger partial charge in [-0.15, -0.1) is 0 Å². The first-order valence-corrected chi connectivity index (χ1v) is 5.50. The van der Waals surface area contributed by atoms with E-state index in [9.17, 15) is 4.79 Å². The van der Waals surface area contributed by atoms with E-state index in [4.69, 9.17) is 10.8 Å². The maximum absolute atomic E-state index is 11.5. The highest BCUT2D eigenvalue weighted by Gasteiger charge is 2.09. The molecule has 0 saturated heterocycles. The van der Waals surface area contributed by atoms with Crippen LogP contribution in [0.1, 0.15) is 32.7 Å². The second-order valence-corrected chi connectivity index (χ2v) is 4.26. The van der Waals surface area contributed by atoms with E-state index in [1.807, 2.05) is 13.8 Å². The molecular formula is C11H19N3O2. The molecule has 0 radical (unpaired) electrons. The molecule has 0 aliphatic carbocycles. The zero-order valence-electron chi connectivity index (χ0n) is 9.76. The number of hydrogen-bond acceptors (Lipinski definition) is 4. The molecule has 0 aliphatic rings. The van der Waals surface area contributed by atoms with Crippen LogP contribution < -0.4 is 11.4 Å². The molecule has 1 heterocycles. The third kappa shape index (κ3) is 3.34. The Morgan fingerprint density at radius 3 is 2.75 bits per heavy atom. The van der Waals surface area contributed by atoms with Crippen molar-refractivity contribution in [2.24, 2.45) is 5.92 Å². The number of anilines is 1. The number of hydrogen-bond donors (Lipinski definition) is 2. The predicted octanol–water partition coefficient (Wildman–Crippen LogP) is 0.795. The van der Waals surface area contributed by atoms with Gasteiger partial charge in [-0.2, -0.15) is 4.98 Å². The van der Waals surface area contributed by atoms with Gasteiger partial charge in [0.05, 0.1) is 0 Å². The van der Waals surface area contributed by atoms with E-state index in [0.717, 1.165) is 12.8 Å². The summed E-state index contributed by atoms with van der Waals surface area (Å²) >= 11 is 0. The Balaban J connectivity index is 2.66. The molecule has 16 heavy (non-hydrogen) atoms. The summed E-state index contributed by atoms with van der Waals surface area (Å²) in [6.45, 7) is 4.13. The van der Waals surface area contributed by atoms with Gasteiger partial charge in [0, 0.05) is 18.8 Å². The topological polar surface area (TPSA) is 81.1 Å². The molecule has 0 bridgehead atoms. The molecule has 0 fully saturated rings. The van der Waals surface area contributed by atoms with E-state index in [1.54, 1.807) is 16.8 Å². The number of nitrogen functional groups attached to an aromatic ring is 1. The van der Waals surface area contributed by atoms with Gasteiger partial charge in [-0.3, -0.25) is 4.57 Å². The summed E-state index contributed by atoms with van der Waals surface area (Å²) in [5, 5.41) is 8.91. The van der Waals surface area contributed by atoms with Gasteiger partial charge in [-0.05, 0) is 31.7 Å². The molecule has 5 nitrogen and oxygen atoms in total. The van der Waals surface area contributed by atoms with E-state index >= 15 is 0 Å². The molecule has 2 unspecified atom stereocenters. The predicted molar refractivity (Wildman–Crippen MR) is 63.1 cm³/mol. The molecule has 0 amide bonds. The van der Waals surface area contributed by atoms with Gasteiger partial charge in [0.1, 0.15) is 5.82 Å². The summed E-state index contributed by atoms with van der Waals surface area (Å²) in [7, 11) is 0. The second-order valence-electron chi connectivity index (χ2n) is 4.26. The largest absolute Gasteiger partial charge is 0.396 e. The standard InChI is InChI=1S/C11H19N3O2/c1-8(7-15)3-4-9(2)14-6-5-10(12)13-11(14)16/h5-6,8-9,15H,3-4,7H2,1-2H3,(H2,12,13,16). The van der Waals surface area contributed by atoms with Crippen LogP contribution in [0, 0.1) is 5.92 Å².